The van der Waals surface area contributed by atoms with Crippen LogP contribution in [0.1, 0.15) is 47.3 Å². The Morgan fingerprint density at radius 1 is 1.11 bits per heavy atom. The van der Waals surface area contributed by atoms with Crippen LogP contribution in [0.4, 0.5) is 0 Å². The van der Waals surface area contributed by atoms with Crippen LogP contribution in [-0.4, -0.2) is 11.9 Å². The molecule has 4 saturated carbocycles. The highest BCUT2D eigenvalue weighted by atomic mass is 35.5. The van der Waals surface area contributed by atoms with Crippen molar-refractivity contribution in [2.45, 2.75) is 44.8 Å². The van der Waals surface area contributed by atoms with Gasteiger partial charge in [-0.05, 0) is 85.4 Å². The zero-order valence-corrected chi connectivity index (χ0v) is 16.8. The predicted octanol–water partition coefficient (Wildman–Crippen LogP) is 5.54. The molecule has 1 heterocycles. The molecular weight excluding hydrogens is 378 g/mol. The first kappa shape index (κ1) is 17.6. The summed E-state index contributed by atoms with van der Waals surface area (Å²) in [6.45, 7) is 0.447. The molecule has 2 aromatic rings. The minimum absolute atomic E-state index is 0.0893. The number of hydrogen-bond acceptors (Lipinski definition) is 3. The number of halogens is 1. The van der Waals surface area contributed by atoms with Crippen LogP contribution in [0.15, 0.2) is 35.7 Å². The van der Waals surface area contributed by atoms with E-state index in [1.54, 1.807) is 6.07 Å². The number of thiophene rings is 1. The lowest BCUT2D eigenvalue weighted by Gasteiger charge is -2.54. The lowest BCUT2D eigenvalue weighted by Crippen LogP contribution is -2.55. The number of rotatable bonds is 5. The number of amides is 1. The molecule has 1 aromatic carbocycles. The Bertz CT molecular complexity index is 820. The van der Waals surface area contributed by atoms with Crippen molar-refractivity contribution < 1.29 is 9.53 Å². The lowest BCUT2D eigenvalue weighted by molar-refractivity contribution is -0.0119. The van der Waals surface area contributed by atoms with Crippen molar-refractivity contribution in [1.29, 1.82) is 0 Å². The lowest BCUT2D eigenvalue weighted by atomic mass is 9.54. The molecule has 1 amide bonds. The summed E-state index contributed by atoms with van der Waals surface area (Å²) >= 11 is 7.49. The highest BCUT2D eigenvalue weighted by Gasteiger charge is 2.48. The van der Waals surface area contributed by atoms with E-state index in [4.69, 9.17) is 16.3 Å². The van der Waals surface area contributed by atoms with Gasteiger partial charge < -0.3 is 10.1 Å². The van der Waals surface area contributed by atoms with Crippen molar-refractivity contribution in [2.75, 3.05) is 0 Å². The molecule has 4 fully saturated rings. The first-order valence-electron chi connectivity index (χ1n) is 9.90. The van der Waals surface area contributed by atoms with Crippen LogP contribution in [-0.2, 0) is 6.61 Å². The molecule has 3 nitrogen and oxygen atoms in total. The second kappa shape index (κ2) is 7.14. The van der Waals surface area contributed by atoms with Gasteiger partial charge in [-0.15, -0.1) is 11.3 Å². The van der Waals surface area contributed by atoms with Crippen LogP contribution in [0.5, 0.6) is 5.75 Å². The first-order chi connectivity index (χ1) is 13.1. The van der Waals surface area contributed by atoms with E-state index in [0.717, 1.165) is 28.0 Å². The quantitative estimate of drug-likeness (QED) is 0.714. The van der Waals surface area contributed by atoms with Crippen molar-refractivity contribution in [3.63, 3.8) is 0 Å². The van der Waals surface area contributed by atoms with Gasteiger partial charge in [-0.25, -0.2) is 0 Å². The predicted molar refractivity (Wildman–Crippen MR) is 108 cm³/mol. The molecule has 6 rings (SSSR count). The Balaban J connectivity index is 1.20. The fraction of sp³-hybridized carbons (Fsp3) is 0.500. The summed E-state index contributed by atoms with van der Waals surface area (Å²) in [5.74, 6) is 4.10. The summed E-state index contributed by atoms with van der Waals surface area (Å²) in [5, 5.41) is 6.06. The van der Waals surface area contributed by atoms with Crippen molar-refractivity contribution in [3.8, 4) is 5.75 Å². The molecule has 142 valence electrons. The molecule has 27 heavy (non-hydrogen) atoms. The average Bonchev–Trinajstić information content (AvgIpc) is 3.11. The Morgan fingerprint density at radius 2 is 1.85 bits per heavy atom. The van der Waals surface area contributed by atoms with Crippen molar-refractivity contribution >= 4 is 28.8 Å². The van der Waals surface area contributed by atoms with Gasteiger partial charge in [0.1, 0.15) is 12.4 Å². The molecule has 0 atom stereocenters. The summed E-state index contributed by atoms with van der Waals surface area (Å²) in [4.78, 5) is 13.6. The second-order valence-electron chi connectivity index (χ2n) is 8.50. The highest BCUT2D eigenvalue weighted by Crippen LogP contribution is 2.53. The molecule has 0 saturated heterocycles. The monoisotopic (exact) mass is 401 g/mol. The highest BCUT2D eigenvalue weighted by molar-refractivity contribution is 7.12. The maximum Gasteiger partial charge on any atom is 0.261 e. The third kappa shape index (κ3) is 3.62. The molecule has 4 aliphatic carbocycles. The van der Waals surface area contributed by atoms with Crippen LogP contribution in [0.2, 0.25) is 5.02 Å². The molecule has 0 radical (unpaired) electrons. The largest absolute Gasteiger partial charge is 0.489 e. The number of ether oxygens (including phenoxy) is 1. The molecule has 0 unspecified atom stereocenters. The number of carbonyl (C=O) groups excluding carboxylic acids is 1. The van der Waals surface area contributed by atoms with Crippen LogP contribution >= 0.6 is 22.9 Å². The maximum absolute atomic E-state index is 12.8. The summed E-state index contributed by atoms with van der Waals surface area (Å²) in [5.41, 5.74) is 1.02. The van der Waals surface area contributed by atoms with Gasteiger partial charge in [0.25, 0.3) is 5.91 Å². The van der Waals surface area contributed by atoms with Gasteiger partial charge in [0, 0.05) is 16.6 Å². The van der Waals surface area contributed by atoms with Crippen LogP contribution in [0, 0.1) is 23.7 Å². The van der Waals surface area contributed by atoms with Crippen molar-refractivity contribution in [3.05, 3.63) is 51.2 Å². The third-order valence-electron chi connectivity index (χ3n) is 6.60. The molecular formula is C22H24ClNO2S. The van der Waals surface area contributed by atoms with Gasteiger partial charge in [-0.3, -0.25) is 4.79 Å². The van der Waals surface area contributed by atoms with Gasteiger partial charge in [-0.2, -0.15) is 0 Å². The summed E-state index contributed by atoms with van der Waals surface area (Å²) < 4.78 is 5.78. The Labute approximate surface area is 169 Å². The zero-order valence-electron chi connectivity index (χ0n) is 15.2. The number of nitrogens with one attached hydrogen (secondary N) is 1. The SMILES string of the molecule is O=C(NC1C2CC3CC(C2)CC1C3)c1cc(COc2cccc(Cl)c2)cs1. The van der Waals surface area contributed by atoms with E-state index in [0.29, 0.717) is 29.5 Å². The maximum atomic E-state index is 12.8. The molecule has 5 heteroatoms. The molecule has 4 aliphatic rings. The fourth-order valence-electron chi connectivity index (χ4n) is 5.68. The standard InChI is InChI=1S/C22H24ClNO2S/c23-18-2-1-3-19(10-18)26-11-15-9-20(27-12-15)22(25)24-21-16-5-13-4-14(7-16)8-17(21)6-13/h1-3,9-10,12-14,16-17,21H,4-8,11H2,(H,24,25). The fourth-order valence-corrected chi connectivity index (χ4v) is 6.66. The van der Waals surface area contributed by atoms with Crippen molar-refractivity contribution in [2.24, 2.45) is 23.7 Å². The summed E-state index contributed by atoms with van der Waals surface area (Å²) in [6.07, 6.45) is 6.72. The minimum Gasteiger partial charge on any atom is -0.489 e. The van der Waals surface area contributed by atoms with Crippen molar-refractivity contribution in [1.82, 2.24) is 5.32 Å². The first-order valence-corrected chi connectivity index (χ1v) is 11.2. The number of hydrogen-bond donors (Lipinski definition) is 1. The van der Waals surface area contributed by atoms with Gasteiger partial charge in [0.05, 0.1) is 4.88 Å². The molecule has 1 aromatic heterocycles. The normalized spacial score (nSPS) is 31.1. The van der Waals surface area contributed by atoms with E-state index in [1.807, 2.05) is 29.6 Å². The Kier molecular flexibility index (Phi) is 4.65. The van der Waals surface area contributed by atoms with E-state index in [1.165, 1.54) is 43.4 Å². The second-order valence-corrected chi connectivity index (χ2v) is 9.84. The van der Waals surface area contributed by atoms with E-state index in [9.17, 15) is 4.79 Å². The Hall–Kier alpha value is -1.52. The van der Waals surface area contributed by atoms with Gasteiger partial charge >= 0.3 is 0 Å². The molecule has 0 aliphatic heterocycles. The van der Waals surface area contributed by atoms with Gasteiger partial charge in [0.15, 0.2) is 0 Å². The van der Waals surface area contributed by atoms with Gasteiger partial charge in [0.2, 0.25) is 0 Å². The van der Waals surface area contributed by atoms with Crippen LogP contribution in [0.3, 0.4) is 0 Å². The van der Waals surface area contributed by atoms with E-state index < -0.39 is 0 Å². The summed E-state index contributed by atoms with van der Waals surface area (Å²) in [6, 6.07) is 9.73. The zero-order chi connectivity index (χ0) is 18.4. The number of carbonyl (C=O) groups is 1. The summed E-state index contributed by atoms with van der Waals surface area (Å²) in [7, 11) is 0. The third-order valence-corrected chi connectivity index (χ3v) is 7.82. The Morgan fingerprint density at radius 3 is 2.56 bits per heavy atom. The van der Waals surface area contributed by atoms with Crippen LogP contribution in [0.25, 0.3) is 0 Å². The number of benzene rings is 1. The minimum atomic E-state index is 0.0893. The molecule has 1 N–H and O–H groups in total. The molecule has 0 spiro atoms. The van der Waals surface area contributed by atoms with Crippen LogP contribution < -0.4 is 10.1 Å². The molecule has 4 bridgehead atoms. The van der Waals surface area contributed by atoms with E-state index in [-0.39, 0.29) is 5.91 Å². The average molecular weight is 402 g/mol. The van der Waals surface area contributed by atoms with E-state index in [2.05, 4.69) is 5.32 Å². The topological polar surface area (TPSA) is 38.3 Å². The smallest absolute Gasteiger partial charge is 0.261 e. The van der Waals surface area contributed by atoms with E-state index >= 15 is 0 Å². The van der Waals surface area contributed by atoms with Gasteiger partial charge in [-0.1, -0.05) is 17.7 Å².